The lowest BCUT2D eigenvalue weighted by molar-refractivity contribution is 0.0827. The fourth-order valence-electron chi connectivity index (χ4n) is 1.29. The fourth-order valence-corrected chi connectivity index (χ4v) is 1.29. The Bertz CT molecular complexity index is 433. The van der Waals surface area contributed by atoms with Crippen LogP contribution in [0.2, 0.25) is 0 Å². The molecule has 0 heterocycles. The van der Waals surface area contributed by atoms with Gasteiger partial charge in [-0.3, -0.25) is 4.79 Å². The van der Waals surface area contributed by atoms with Gasteiger partial charge in [0.05, 0.1) is 0 Å². The van der Waals surface area contributed by atoms with Gasteiger partial charge in [0.15, 0.2) is 0 Å². The molecule has 1 amide bonds. The average Bonchev–Trinajstić information content (AvgIpc) is 2.36. The van der Waals surface area contributed by atoms with E-state index in [1.807, 2.05) is 0 Å². The van der Waals surface area contributed by atoms with E-state index in [2.05, 4.69) is 0 Å². The maximum atomic E-state index is 13.0. The fraction of sp³-hybridized carbons (Fsp3) is 0.308. The predicted octanol–water partition coefficient (Wildman–Crippen LogP) is 2.00. The molecular formula is C13H18ClFN2O2. The van der Waals surface area contributed by atoms with E-state index >= 15 is 0 Å². The lowest BCUT2D eigenvalue weighted by Crippen LogP contribution is -2.21. The van der Waals surface area contributed by atoms with Crippen molar-refractivity contribution in [2.75, 3.05) is 27.2 Å². The van der Waals surface area contributed by atoms with Crippen LogP contribution in [0.3, 0.4) is 0 Å². The van der Waals surface area contributed by atoms with Crippen LogP contribution in [-0.2, 0) is 0 Å². The van der Waals surface area contributed by atoms with Gasteiger partial charge >= 0.3 is 0 Å². The molecule has 1 aromatic carbocycles. The number of ether oxygens (including phenoxy) is 1. The van der Waals surface area contributed by atoms with Crippen molar-refractivity contribution >= 4 is 18.3 Å². The van der Waals surface area contributed by atoms with Gasteiger partial charge in [-0.2, -0.15) is 0 Å². The van der Waals surface area contributed by atoms with Gasteiger partial charge < -0.3 is 15.4 Å². The van der Waals surface area contributed by atoms with Crippen LogP contribution >= 0.6 is 12.4 Å². The van der Waals surface area contributed by atoms with Crippen LogP contribution in [0, 0.1) is 0 Å². The molecule has 0 aliphatic rings. The van der Waals surface area contributed by atoms with E-state index in [9.17, 15) is 9.18 Å². The molecular weight excluding hydrogens is 271 g/mol. The standard InChI is InChI=1S/C13H17FN2O2.ClH/c1-16(2)13(17)10-3-5-12(6-4-10)18-9-11(14)7-8-15;/h3-7H,8-9,15H2,1-2H3;1H. The first kappa shape index (κ1) is 17.4. The topological polar surface area (TPSA) is 55.6 Å². The number of halogens is 2. The number of benzene rings is 1. The molecule has 0 saturated carbocycles. The van der Waals surface area contributed by atoms with Crippen molar-refractivity contribution in [3.05, 3.63) is 41.7 Å². The molecule has 0 saturated heterocycles. The monoisotopic (exact) mass is 288 g/mol. The maximum absolute atomic E-state index is 13.0. The quantitative estimate of drug-likeness (QED) is 0.902. The van der Waals surface area contributed by atoms with Gasteiger partial charge in [-0.1, -0.05) is 0 Å². The van der Waals surface area contributed by atoms with Crippen LogP contribution in [0.25, 0.3) is 0 Å². The van der Waals surface area contributed by atoms with Crippen molar-refractivity contribution in [2.45, 2.75) is 0 Å². The van der Waals surface area contributed by atoms with Gasteiger partial charge in [0, 0.05) is 26.2 Å². The van der Waals surface area contributed by atoms with E-state index in [4.69, 9.17) is 10.5 Å². The second-order valence-corrected chi connectivity index (χ2v) is 3.90. The summed E-state index contributed by atoms with van der Waals surface area (Å²) in [6.45, 7) is -0.0103. The Balaban J connectivity index is 0.00000324. The average molecular weight is 289 g/mol. The van der Waals surface area contributed by atoms with Gasteiger partial charge in [0.1, 0.15) is 18.2 Å². The van der Waals surface area contributed by atoms with Crippen LogP contribution in [0.15, 0.2) is 36.2 Å². The molecule has 106 valence electrons. The number of amides is 1. The maximum Gasteiger partial charge on any atom is 0.253 e. The van der Waals surface area contributed by atoms with Crippen molar-refractivity contribution in [2.24, 2.45) is 5.73 Å². The summed E-state index contributed by atoms with van der Waals surface area (Å²) in [5.41, 5.74) is 5.73. The molecule has 4 nitrogen and oxygen atoms in total. The van der Waals surface area contributed by atoms with Crippen molar-refractivity contribution in [1.82, 2.24) is 4.90 Å². The first-order valence-electron chi connectivity index (χ1n) is 5.53. The molecule has 6 heteroatoms. The van der Waals surface area contributed by atoms with Crippen LogP contribution < -0.4 is 10.5 Å². The third kappa shape index (κ3) is 5.72. The Labute approximate surface area is 118 Å². The third-order valence-electron chi connectivity index (χ3n) is 2.22. The lowest BCUT2D eigenvalue weighted by Gasteiger charge is -2.10. The molecule has 19 heavy (non-hydrogen) atoms. The number of nitrogens with zero attached hydrogens (tertiary/aromatic N) is 1. The Kier molecular flexibility index (Phi) is 7.79. The van der Waals surface area contributed by atoms with Gasteiger partial charge in [0.2, 0.25) is 0 Å². The highest BCUT2D eigenvalue weighted by molar-refractivity contribution is 5.93. The highest BCUT2D eigenvalue weighted by Crippen LogP contribution is 2.14. The SMILES string of the molecule is CN(C)C(=O)c1ccc(OCC(F)=CCN)cc1.Cl. The molecule has 0 aliphatic carbocycles. The second kappa shape index (κ2) is 8.50. The van der Waals surface area contributed by atoms with E-state index in [1.54, 1.807) is 38.4 Å². The molecule has 0 aliphatic heterocycles. The molecule has 1 aromatic rings. The molecule has 0 bridgehead atoms. The molecule has 1 rings (SSSR count). The van der Waals surface area contributed by atoms with Gasteiger partial charge in [-0.15, -0.1) is 12.4 Å². The van der Waals surface area contributed by atoms with E-state index in [0.29, 0.717) is 11.3 Å². The molecule has 0 spiro atoms. The Hall–Kier alpha value is -1.59. The second-order valence-electron chi connectivity index (χ2n) is 3.90. The first-order valence-corrected chi connectivity index (χ1v) is 5.53. The number of hydrogen-bond donors (Lipinski definition) is 1. The number of rotatable bonds is 5. The summed E-state index contributed by atoms with van der Waals surface area (Å²) in [5, 5.41) is 0. The first-order chi connectivity index (χ1) is 8.54. The number of carbonyl (C=O) groups is 1. The molecule has 0 unspecified atom stereocenters. The van der Waals surface area contributed by atoms with E-state index in [1.165, 1.54) is 11.0 Å². The summed E-state index contributed by atoms with van der Waals surface area (Å²) >= 11 is 0. The predicted molar refractivity (Wildman–Crippen MR) is 75.4 cm³/mol. The molecule has 2 N–H and O–H groups in total. The van der Waals surface area contributed by atoms with E-state index in [-0.39, 0.29) is 31.5 Å². The summed E-state index contributed by atoms with van der Waals surface area (Å²) in [6, 6.07) is 6.54. The largest absolute Gasteiger partial charge is 0.487 e. The Morgan fingerprint density at radius 2 is 1.95 bits per heavy atom. The molecule has 0 fully saturated rings. The summed E-state index contributed by atoms with van der Waals surface area (Å²) in [4.78, 5) is 13.1. The Morgan fingerprint density at radius 1 is 1.37 bits per heavy atom. The highest BCUT2D eigenvalue weighted by atomic mass is 35.5. The molecule has 0 radical (unpaired) electrons. The van der Waals surface area contributed by atoms with Crippen molar-refractivity contribution in [3.63, 3.8) is 0 Å². The number of hydrogen-bond acceptors (Lipinski definition) is 3. The lowest BCUT2D eigenvalue weighted by atomic mass is 10.2. The smallest absolute Gasteiger partial charge is 0.253 e. The minimum Gasteiger partial charge on any atom is -0.487 e. The minimum absolute atomic E-state index is 0. The molecule has 0 aromatic heterocycles. The molecule has 0 atom stereocenters. The Morgan fingerprint density at radius 3 is 2.42 bits per heavy atom. The van der Waals surface area contributed by atoms with Crippen molar-refractivity contribution in [1.29, 1.82) is 0 Å². The van der Waals surface area contributed by atoms with Crippen LogP contribution in [0.4, 0.5) is 4.39 Å². The van der Waals surface area contributed by atoms with Crippen LogP contribution in [0.5, 0.6) is 5.75 Å². The van der Waals surface area contributed by atoms with Crippen LogP contribution in [0.1, 0.15) is 10.4 Å². The summed E-state index contributed by atoms with van der Waals surface area (Å²) in [6.07, 6.45) is 1.25. The van der Waals surface area contributed by atoms with Crippen molar-refractivity contribution in [3.8, 4) is 5.75 Å². The number of nitrogens with two attached hydrogens (primary N) is 1. The third-order valence-corrected chi connectivity index (χ3v) is 2.22. The van der Waals surface area contributed by atoms with Gasteiger partial charge in [0.25, 0.3) is 5.91 Å². The van der Waals surface area contributed by atoms with Gasteiger partial charge in [-0.05, 0) is 30.3 Å². The summed E-state index contributed by atoms with van der Waals surface area (Å²) in [7, 11) is 3.36. The zero-order chi connectivity index (χ0) is 13.5. The number of carbonyl (C=O) groups excluding carboxylic acids is 1. The minimum atomic E-state index is -0.411. The van der Waals surface area contributed by atoms with Gasteiger partial charge in [-0.25, -0.2) is 4.39 Å². The zero-order valence-electron chi connectivity index (χ0n) is 10.9. The summed E-state index contributed by atoms with van der Waals surface area (Å²) < 4.78 is 18.2. The van der Waals surface area contributed by atoms with E-state index < -0.39 is 5.83 Å². The van der Waals surface area contributed by atoms with Crippen LogP contribution in [-0.4, -0.2) is 38.1 Å². The normalized spacial score (nSPS) is 10.6. The summed E-state index contributed by atoms with van der Waals surface area (Å²) in [5.74, 6) is 0.00702. The zero-order valence-corrected chi connectivity index (χ0v) is 11.7. The van der Waals surface area contributed by atoms with E-state index in [0.717, 1.165) is 0 Å². The highest BCUT2D eigenvalue weighted by Gasteiger charge is 2.07. The van der Waals surface area contributed by atoms with Crippen molar-refractivity contribution < 1.29 is 13.9 Å².